The Labute approximate surface area is 137 Å². The van der Waals surface area contributed by atoms with Crippen molar-refractivity contribution in [2.24, 2.45) is 0 Å². The summed E-state index contributed by atoms with van der Waals surface area (Å²) in [6, 6.07) is 14.1. The molecule has 0 aliphatic heterocycles. The number of methoxy groups -OCH3 is 1. The number of thiazole rings is 1. The van der Waals surface area contributed by atoms with Gasteiger partial charge in [-0.25, -0.2) is 4.98 Å². The summed E-state index contributed by atoms with van der Waals surface area (Å²) in [5.74, 6) is 1.74. The number of fused-ring (bicyclic) bond motifs is 3. The van der Waals surface area contributed by atoms with E-state index in [1.165, 1.54) is 4.70 Å². The molecule has 5 heteroatoms. The molecular weight excluding hydrogens is 308 g/mol. The molecule has 0 bridgehead atoms. The van der Waals surface area contributed by atoms with Gasteiger partial charge in [0, 0.05) is 11.8 Å². The molecule has 4 nitrogen and oxygen atoms in total. The van der Waals surface area contributed by atoms with Crippen LogP contribution < -0.4 is 9.47 Å². The summed E-state index contributed by atoms with van der Waals surface area (Å²) < 4.78 is 14.3. The third-order valence-corrected chi connectivity index (χ3v) is 4.78. The van der Waals surface area contributed by atoms with Crippen LogP contribution >= 0.6 is 11.3 Å². The lowest BCUT2D eigenvalue weighted by Gasteiger charge is -2.03. The van der Waals surface area contributed by atoms with Crippen LogP contribution in [0.5, 0.6) is 11.5 Å². The molecule has 0 saturated carbocycles. The highest BCUT2D eigenvalue weighted by Crippen LogP contribution is 2.34. The molecule has 23 heavy (non-hydrogen) atoms. The Hall–Kier alpha value is -2.53. The minimum absolute atomic E-state index is 0.672. The van der Waals surface area contributed by atoms with Crippen molar-refractivity contribution in [3.8, 4) is 22.8 Å². The van der Waals surface area contributed by atoms with E-state index in [0.29, 0.717) is 6.61 Å². The normalized spacial score (nSPS) is 11.2. The average Bonchev–Trinajstić information content (AvgIpc) is 3.13. The summed E-state index contributed by atoms with van der Waals surface area (Å²) in [6.45, 7) is 2.65. The lowest BCUT2D eigenvalue weighted by molar-refractivity contribution is 0.340. The average molecular weight is 324 g/mol. The molecular formula is C18H16N2O2S. The first-order chi connectivity index (χ1) is 11.3. The molecule has 0 atom stereocenters. The van der Waals surface area contributed by atoms with Gasteiger partial charge in [-0.1, -0.05) is 17.4 Å². The zero-order chi connectivity index (χ0) is 15.8. The van der Waals surface area contributed by atoms with Gasteiger partial charge in [-0.15, -0.1) is 0 Å². The fourth-order valence-corrected chi connectivity index (χ4v) is 3.73. The van der Waals surface area contributed by atoms with E-state index in [1.807, 2.05) is 43.3 Å². The van der Waals surface area contributed by atoms with Crippen molar-refractivity contribution in [2.75, 3.05) is 13.7 Å². The van der Waals surface area contributed by atoms with Crippen molar-refractivity contribution in [2.45, 2.75) is 6.92 Å². The predicted molar refractivity (Wildman–Crippen MR) is 93.7 cm³/mol. The molecule has 0 aliphatic rings. The van der Waals surface area contributed by atoms with E-state index < -0.39 is 0 Å². The van der Waals surface area contributed by atoms with Gasteiger partial charge in [-0.2, -0.15) is 0 Å². The molecule has 2 heterocycles. The first-order valence-corrected chi connectivity index (χ1v) is 8.29. The first-order valence-electron chi connectivity index (χ1n) is 7.48. The second-order valence-corrected chi connectivity index (χ2v) is 6.15. The maximum Gasteiger partial charge on any atom is 0.195 e. The minimum Gasteiger partial charge on any atom is -0.495 e. The molecule has 2 aromatic carbocycles. The van der Waals surface area contributed by atoms with Gasteiger partial charge in [0.15, 0.2) is 4.96 Å². The fraction of sp³-hybridized carbons (Fsp3) is 0.167. The molecule has 0 amide bonds. The molecule has 4 aromatic rings. The molecule has 116 valence electrons. The number of rotatable bonds is 4. The Morgan fingerprint density at radius 2 is 1.96 bits per heavy atom. The van der Waals surface area contributed by atoms with Gasteiger partial charge in [-0.05, 0) is 43.3 Å². The Balaban J connectivity index is 1.82. The minimum atomic E-state index is 0.672. The number of imidazole rings is 1. The SMILES string of the molecule is CCOc1ccc(-c2cn3c(n2)sc2cccc(OC)c23)cc1. The Bertz CT molecular complexity index is 970. The number of ether oxygens (including phenoxy) is 2. The van der Waals surface area contributed by atoms with Crippen molar-refractivity contribution >= 4 is 26.5 Å². The summed E-state index contributed by atoms with van der Waals surface area (Å²) in [4.78, 5) is 5.72. The van der Waals surface area contributed by atoms with Crippen molar-refractivity contribution in [3.63, 3.8) is 0 Å². The monoisotopic (exact) mass is 324 g/mol. The van der Waals surface area contributed by atoms with Gasteiger partial charge in [0.1, 0.15) is 17.0 Å². The molecule has 0 fully saturated rings. The van der Waals surface area contributed by atoms with E-state index in [1.54, 1.807) is 18.4 Å². The van der Waals surface area contributed by atoms with E-state index in [-0.39, 0.29) is 0 Å². The van der Waals surface area contributed by atoms with Crippen molar-refractivity contribution in [3.05, 3.63) is 48.7 Å². The third-order valence-electron chi connectivity index (χ3n) is 3.76. The molecule has 0 N–H and O–H groups in total. The van der Waals surface area contributed by atoms with Crippen molar-refractivity contribution < 1.29 is 9.47 Å². The number of hydrogen-bond acceptors (Lipinski definition) is 4. The maximum atomic E-state index is 5.49. The molecule has 0 aliphatic carbocycles. The van der Waals surface area contributed by atoms with Crippen molar-refractivity contribution in [1.29, 1.82) is 0 Å². The maximum absolute atomic E-state index is 5.49. The molecule has 0 saturated heterocycles. The number of benzene rings is 2. The number of nitrogens with zero attached hydrogens (tertiary/aromatic N) is 2. The van der Waals surface area contributed by atoms with Crippen LogP contribution in [-0.2, 0) is 0 Å². The molecule has 0 radical (unpaired) electrons. The van der Waals surface area contributed by atoms with E-state index >= 15 is 0 Å². The van der Waals surface area contributed by atoms with Crippen LogP contribution in [0.4, 0.5) is 0 Å². The highest BCUT2D eigenvalue weighted by atomic mass is 32.1. The first kappa shape index (κ1) is 14.1. The quantitative estimate of drug-likeness (QED) is 0.549. The fourth-order valence-electron chi connectivity index (χ4n) is 2.71. The van der Waals surface area contributed by atoms with Crippen LogP contribution in [0.3, 0.4) is 0 Å². The summed E-state index contributed by atoms with van der Waals surface area (Å²) in [5, 5.41) is 0. The molecule has 0 unspecified atom stereocenters. The van der Waals surface area contributed by atoms with Gasteiger partial charge < -0.3 is 9.47 Å². The third kappa shape index (κ3) is 2.33. The van der Waals surface area contributed by atoms with Crippen LogP contribution in [0.1, 0.15) is 6.92 Å². The highest BCUT2D eigenvalue weighted by Gasteiger charge is 2.13. The smallest absolute Gasteiger partial charge is 0.195 e. The van der Waals surface area contributed by atoms with Gasteiger partial charge in [0.2, 0.25) is 0 Å². The van der Waals surface area contributed by atoms with E-state index in [9.17, 15) is 0 Å². The van der Waals surface area contributed by atoms with Crippen LogP contribution in [-0.4, -0.2) is 23.1 Å². The standard InChI is InChI=1S/C18H16N2O2S/c1-3-22-13-9-7-12(8-10-13)14-11-20-17-15(21-2)5-4-6-16(17)23-18(20)19-14/h4-11H,3H2,1-2H3. The van der Waals surface area contributed by atoms with Gasteiger partial charge in [0.25, 0.3) is 0 Å². The second-order valence-electron chi connectivity index (χ2n) is 5.15. The summed E-state index contributed by atoms with van der Waals surface area (Å²) in [6.07, 6.45) is 2.06. The second kappa shape index (κ2) is 5.59. The summed E-state index contributed by atoms with van der Waals surface area (Å²) >= 11 is 1.67. The molecule has 4 rings (SSSR count). The number of aromatic nitrogens is 2. The van der Waals surface area contributed by atoms with Crippen LogP contribution in [0, 0.1) is 0 Å². The van der Waals surface area contributed by atoms with Crippen LogP contribution in [0.25, 0.3) is 26.4 Å². The van der Waals surface area contributed by atoms with Crippen LogP contribution in [0.15, 0.2) is 48.7 Å². The highest BCUT2D eigenvalue weighted by molar-refractivity contribution is 7.23. The Morgan fingerprint density at radius 1 is 1.13 bits per heavy atom. The van der Waals surface area contributed by atoms with E-state index in [2.05, 4.69) is 16.7 Å². The molecule has 2 aromatic heterocycles. The number of para-hydroxylation sites is 1. The van der Waals surface area contributed by atoms with E-state index in [4.69, 9.17) is 14.5 Å². The summed E-state index contributed by atoms with van der Waals surface area (Å²) in [7, 11) is 1.70. The lowest BCUT2D eigenvalue weighted by atomic mass is 10.2. The largest absolute Gasteiger partial charge is 0.495 e. The lowest BCUT2D eigenvalue weighted by Crippen LogP contribution is -1.90. The zero-order valence-corrected chi connectivity index (χ0v) is 13.8. The van der Waals surface area contributed by atoms with Gasteiger partial charge in [0.05, 0.1) is 24.1 Å². The molecule has 0 spiro atoms. The predicted octanol–water partition coefficient (Wildman–Crippen LogP) is 4.62. The van der Waals surface area contributed by atoms with Crippen LogP contribution in [0.2, 0.25) is 0 Å². The van der Waals surface area contributed by atoms with Crippen molar-refractivity contribution in [1.82, 2.24) is 9.38 Å². The number of hydrogen-bond donors (Lipinski definition) is 0. The topological polar surface area (TPSA) is 35.8 Å². The van der Waals surface area contributed by atoms with E-state index in [0.717, 1.165) is 33.2 Å². The Morgan fingerprint density at radius 3 is 2.70 bits per heavy atom. The zero-order valence-electron chi connectivity index (χ0n) is 12.9. The van der Waals surface area contributed by atoms with Gasteiger partial charge in [-0.3, -0.25) is 4.40 Å². The summed E-state index contributed by atoms with van der Waals surface area (Å²) in [5.41, 5.74) is 3.10. The Kier molecular flexibility index (Phi) is 3.42. The van der Waals surface area contributed by atoms with Gasteiger partial charge >= 0.3 is 0 Å².